The van der Waals surface area contributed by atoms with Gasteiger partial charge in [0, 0.05) is 18.7 Å². The Morgan fingerprint density at radius 2 is 2.10 bits per heavy atom. The molecule has 1 aliphatic rings. The van der Waals surface area contributed by atoms with Crippen LogP contribution in [-0.2, 0) is 4.79 Å². The van der Waals surface area contributed by atoms with E-state index in [1.54, 1.807) is 17.0 Å². The van der Waals surface area contributed by atoms with Gasteiger partial charge in [0.25, 0.3) is 0 Å². The summed E-state index contributed by atoms with van der Waals surface area (Å²) in [6, 6.07) is 5.92. The lowest BCUT2D eigenvalue weighted by Gasteiger charge is -2.27. The van der Waals surface area contributed by atoms with Crippen molar-refractivity contribution in [2.45, 2.75) is 18.8 Å². The van der Waals surface area contributed by atoms with Crippen LogP contribution in [0.1, 0.15) is 24.7 Å². The van der Waals surface area contributed by atoms with E-state index in [-0.39, 0.29) is 11.7 Å². The third-order valence-corrected chi connectivity index (χ3v) is 3.48. The Balaban J connectivity index is 1.79. The van der Waals surface area contributed by atoms with Crippen molar-refractivity contribution in [2.24, 2.45) is 0 Å². The Morgan fingerprint density at radius 3 is 2.85 bits per heavy atom. The van der Waals surface area contributed by atoms with Gasteiger partial charge in [0.05, 0.1) is 5.92 Å². The quantitative estimate of drug-likeness (QED) is 0.806. The fourth-order valence-corrected chi connectivity index (χ4v) is 2.41. The van der Waals surface area contributed by atoms with Crippen LogP contribution in [0.4, 0.5) is 4.39 Å². The largest absolute Gasteiger partial charge is 0.420 e. The highest BCUT2D eigenvalue weighted by atomic mass is 19.1. The van der Waals surface area contributed by atoms with E-state index in [2.05, 4.69) is 10.2 Å². The molecule has 0 N–H and O–H groups in total. The number of likely N-dealkylation sites (tertiary alicyclic amines) is 1. The second kappa shape index (κ2) is 5.40. The number of hydrogen-bond donors (Lipinski definition) is 0. The zero-order valence-corrected chi connectivity index (χ0v) is 10.8. The molecule has 20 heavy (non-hydrogen) atoms. The topological polar surface area (TPSA) is 59.2 Å². The van der Waals surface area contributed by atoms with Crippen LogP contribution in [0.15, 0.2) is 28.7 Å². The zero-order chi connectivity index (χ0) is 13.9. The van der Waals surface area contributed by atoms with Gasteiger partial charge in [-0.05, 0) is 37.1 Å². The van der Waals surface area contributed by atoms with Gasteiger partial charge in [-0.25, -0.2) is 4.39 Å². The van der Waals surface area contributed by atoms with Crippen molar-refractivity contribution in [3.8, 4) is 11.5 Å². The van der Waals surface area contributed by atoms with E-state index in [1.165, 1.54) is 12.1 Å². The molecule has 1 fully saturated rings. The number of amides is 1. The van der Waals surface area contributed by atoms with Crippen LogP contribution < -0.4 is 0 Å². The minimum atomic E-state index is -0.303. The van der Waals surface area contributed by atoms with Gasteiger partial charge in [-0.15, -0.1) is 10.2 Å². The van der Waals surface area contributed by atoms with E-state index in [0.717, 1.165) is 25.8 Å². The Morgan fingerprint density at radius 1 is 1.30 bits per heavy atom. The normalized spacial score (nSPS) is 19.1. The number of rotatable bonds is 3. The van der Waals surface area contributed by atoms with Gasteiger partial charge < -0.3 is 9.32 Å². The average molecular weight is 275 g/mol. The molecule has 0 saturated carbocycles. The Hall–Kier alpha value is -2.24. The van der Waals surface area contributed by atoms with E-state index >= 15 is 0 Å². The highest BCUT2D eigenvalue weighted by Gasteiger charge is 2.25. The predicted octanol–water partition coefficient (Wildman–Crippen LogP) is 2.21. The maximum Gasteiger partial charge on any atom is 0.247 e. The molecule has 0 radical (unpaired) electrons. The molecule has 0 aliphatic carbocycles. The third kappa shape index (κ3) is 2.54. The monoisotopic (exact) mass is 275 g/mol. The molecule has 3 rings (SSSR count). The molecule has 6 heteroatoms. The summed E-state index contributed by atoms with van der Waals surface area (Å²) >= 11 is 0. The van der Waals surface area contributed by atoms with Gasteiger partial charge in [0.2, 0.25) is 18.2 Å². The molecule has 2 aromatic rings. The van der Waals surface area contributed by atoms with E-state index in [4.69, 9.17) is 4.42 Å². The Kier molecular flexibility index (Phi) is 3.45. The summed E-state index contributed by atoms with van der Waals surface area (Å²) < 4.78 is 18.5. The molecule has 1 aromatic heterocycles. The average Bonchev–Trinajstić information content (AvgIpc) is 2.98. The first-order chi connectivity index (χ1) is 9.76. The number of nitrogens with zero attached hydrogens (tertiary/aromatic N) is 3. The molecule has 104 valence electrons. The summed E-state index contributed by atoms with van der Waals surface area (Å²) in [4.78, 5) is 12.5. The summed E-state index contributed by atoms with van der Waals surface area (Å²) in [5.41, 5.74) is 0.688. The summed E-state index contributed by atoms with van der Waals surface area (Å²) in [6.07, 6.45) is 2.70. The third-order valence-electron chi connectivity index (χ3n) is 3.48. The van der Waals surface area contributed by atoms with Crippen molar-refractivity contribution in [3.63, 3.8) is 0 Å². The smallest absolute Gasteiger partial charge is 0.247 e. The molecule has 1 aromatic carbocycles. The van der Waals surface area contributed by atoms with Gasteiger partial charge in [0.15, 0.2) is 0 Å². The van der Waals surface area contributed by atoms with Gasteiger partial charge in [-0.2, -0.15) is 0 Å². The predicted molar refractivity (Wildman–Crippen MR) is 69.3 cm³/mol. The summed E-state index contributed by atoms with van der Waals surface area (Å²) in [6.45, 7) is 1.38. The zero-order valence-electron chi connectivity index (χ0n) is 10.8. The van der Waals surface area contributed by atoms with E-state index in [9.17, 15) is 9.18 Å². The van der Waals surface area contributed by atoms with Crippen LogP contribution in [0.5, 0.6) is 0 Å². The first kappa shape index (κ1) is 12.8. The van der Waals surface area contributed by atoms with E-state index in [0.29, 0.717) is 23.9 Å². The summed E-state index contributed by atoms with van der Waals surface area (Å²) in [5.74, 6) is 0.692. The van der Waals surface area contributed by atoms with Crippen molar-refractivity contribution in [2.75, 3.05) is 13.1 Å². The maximum absolute atomic E-state index is 12.9. The SMILES string of the molecule is O=CN1CCC[C@@H](c2nnc(-c3ccc(F)cc3)o2)C1. The van der Waals surface area contributed by atoms with Crippen LogP contribution in [0.3, 0.4) is 0 Å². The number of carbonyl (C=O) groups excluding carboxylic acids is 1. The van der Waals surface area contributed by atoms with Gasteiger partial charge in [-0.3, -0.25) is 4.79 Å². The van der Waals surface area contributed by atoms with Crippen molar-refractivity contribution in [1.82, 2.24) is 15.1 Å². The summed E-state index contributed by atoms with van der Waals surface area (Å²) in [7, 11) is 0. The van der Waals surface area contributed by atoms with E-state index < -0.39 is 0 Å². The first-order valence-electron chi connectivity index (χ1n) is 6.55. The van der Waals surface area contributed by atoms with Crippen molar-refractivity contribution < 1.29 is 13.6 Å². The molecule has 5 nitrogen and oxygen atoms in total. The number of hydrogen-bond acceptors (Lipinski definition) is 4. The molecular formula is C14H14FN3O2. The van der Waals surface area contributed by atoms with Crippen LogP contribution in [-0.4, -0.2) is 34.6 Å². The molecular weight excluding hydrogens is 261 g/mol. The lowest BCUT2D eigenvalue weighted by molar-refractivity contribution is -0.119. The van der Waals surface area contributed by atoms with Crippen molar-refractivity contribution in [3.05, 3.63) is 36.0 Å². The van der Waals surface area contributed by atoms with Crippen LogP contribution in [0, 0.1) is 5.82 Å². The van der Waals surface area contributed by atoms with Gasteiger partial charge in [-0.1, -0.05) is 0 Å². The molecule has 0 spiro atoms. The van der Waals surface area contributed by atoms with Crippen molar-refractivity contribution >= 4 is 6.41 Å². The van der Waals surface area contributed by atoms with Crippen LogP contribution in [0.25, 0.3) is 11.5 Å². The molecule has 2 heterocycles. The van der Waals surface area contributed by atoms with Crippen LogP contribution >= 0.6 is 0 Å². The molecule has 1 atom stereocenters. The number of benzene rings is 1. The standard InChI is InChI=1S/C14H14FN3O2/c15-12-5-3-10(4-6-12)13-16-17-14(20-13)11-2-1-7-18(8-11)9-19/h3-6,9,11H,1-2,7-8H2/t11-/m1/s1. The molecule has 1 amide bonds. The van der Waals surface area contributed by atoms with Gasteiger partial charge >= 0.3 is 0 Å². The Labute approximate surface area is 115 Å². The second-order valence-electron chi connectivity index (χ2n) is 4.89. The summed E-state index contributed by atoms with van der Waals surface area (Å²) in [5, 5.41) is 8.05. The molecule has 0 bridgehead atoms. The van der Waals surface area contributed by atoms with Crippen LogP contribution in [0.2, 0.25) is 0 Å². The maximum atomic E-state index is 12.9. The highest BCUT2D eigenvalue weighted by Crippen LogP contribution is 2.27. The van der Waals surface area contributed by atoms with E-state index in [1.807, 2.05) is 0 Å². The molecule has 1 aliphatic heterocycles. The minimum Gasteiger partial charge on any atom is -0.420 e. The fraction of sp³-hybridized carbons (Fsp3) is 0.357. The number of carbonyl (C=O) groups is 1. The first-order valence-corrected chi connectivity index (χ1v) is 6.55. The van der Waals surface area contributed by atoms with Crippen molar-refractivity contribution in [1.29, 1.82) is 0 Å². The number of piperidine rings is 1. The van der Waals surface area contributed by atoms with Gasteiger partial charge in [0.1, 0.15) is 5.82 Å². The fourth-order valence-electron chi connectivity index (χ4n) is 2.41. The minimum absolute atomic E-state index is 0.0793. The number of aromatic nitrogens is 2. The molecule has 0 unspecified atom stereocenters. The number of halogens is 1. The lowest BCUT2D eigenvalue weighted by Crippen LogP contribution is -2.33. The molecule has 1 saturated heterocycles. The Bertz CT molecular complexity index is 597. The second-order valence-corrected chi connectivity index (χ2v) is 4.89. The highest BCUT2D eigenvalue weighted by molar-refractivity contribution is 5.52. The lowest BCUT2D eigenvalue weighted by atomic mass is 9.99.